The van der Waals surface area contributed by atoms with Crippen LogP contribution < -0.4 is 4.74 Å². The summed E-state index contributed by atoms with van der Waals surface area (Å²) < 4.78 is 20.5. The summed E-state index contributed by atoms with van der Waals surface area (Å²) in [5.41, 5.74) is 1.94. The third-order valence-electron chi connectivity index (χ3n) is 9.68. The number of benzene rings is 1. The van der Waals surface area contributed by atoms with Crippen LogP contribution in [0.5, 0.6) is 5.75 Å². The predicted molar refractivity (Wildman–Crippen MR) is 153 cm³/mol. The Labute approximate surface area is 242 Å². The molecular formula is C32H42N4O5. The predicted octanol–water partition coefficient (Wildman–Crippen LogP) is 5.96. The number of hydrogen-bond acceptors (Lipinski definition) is 6. The molecule has 7 rings (SSSR count). The summed E-state index contributed by atoms with van der Waals surface area (Å²) in [5, 5.41) is 0. The number of ether oxygens (including phenoxy) is 3. The van der Waals surface area contributed by atoms with Gasteiger partial charge in [0.1, 0.15) is 17.2 Å². The van der Waals surface area contributed by atoms with Gasteiger partial charge in [-0.2, -0.15) is 0 Å². The number of hydrogen-bond donors (Lipinski definition) is 0. The van der Waals surface area contributed by atoms with Gasteiger partial charge in [0, 0.05) is 56.5 Å². The van der Waals surface area contributed by atoms with Crippen molar-refractivity contribution < 1.29 is 23.8 Å². The number of rotatable bonds is 3. The van der Waals surface area contributed by atoms with Crippen LogP contribution in [0.15, 0.2) is 24.3 Å². The second-order valence-electron chi connectivity index (χ2n) is 13.9. The minimum Gasteiger partial charge on any atom is -0.480 e. The summed E-state index contributed by atoms with van der Waals surface area (Å²) >= 11 is 0. The highest BCUT2D eigenvalue weighted by Gasteiger charge is 2.56. The molecule has 2 aliphatic carbocycles. The summed E-state index contributed by atoms with van der Waals surface area (Å²) in [6, 6.07) is 8.17. The lowest BCUT2D eigenvalue weighted by atomic mass is 9.83. The van der Waals surface area contributed by atoms with Gasteiger partial charge in [-0.05, 0) is 77.3 Å². The SMILES string of the molecule is Cn1c([C@@H]2CCN(C(=O)OC(C)(C)C)C3(CC3)C2)nc2c1C1(CCN(C(=O)OCC3CC3)CC1)Oc1ccccc1-2. The highest BCUT2D eigenvalue weighted by Crippen LogP contribution is 2.55. The first-order valence-electron chi connectivity index (χ1n) is 15.4. The molecule has 2 saturated carbocycles. The van der Waals surface area contributed by atoms with Crippen LogP contribution in [0, 0.1) is 5.92 Å². The average molecular weight is 563 g/mol. The van der Waals surface area contributed by atoms with E-state index in [0.717, 1.165) is 67.1 Å². The molecule has 5 aliphatic rings. The van der Waals surface area contributed by atoms with Gasteiger partial charge < -0.3 is 28.6 Å². The van der Waals surface area contributed by atoms with Gasteiger partial charge in [-0.1, -0.05) is 12.1 Å². The molecule has 0 radical (unpaired) electrons. The van der Waals surface area contributed by atoms with Gasteiger partial charge in [0.15, 0.2) is 5.60 Å². The Hall–Kier alpha value is -3.23. The highest BCUT2D eigenvalue weighted by molar-refractivity contribution is 5.74. The molecule has 1 aromatic heterocycles. The van der Waals surface area contributed by atoms with Gasteiger partial charge >= 0.3 is 12.2 Å². The van der Waals surface area contributed by atoms with E-state index >= 15 is 0 Å². The largest absolute Gasteiger partial charge is 0.480 e. The second kappa shape index (κ2) is 9.39. The minimum atomic E-state index is -0.550. The highest BCUT2D eigenvalue weighted by atomic mass is 16.6. The molecule has 2 spiro atoms. The van der Waals surface area contributed by atoms with E-state index in [4.69, 9.17) is 19.2 Å². The van der Waals surface area contributed by atoms with E-state index in [2.05, 4.69) is 17.7 Å². The number of fused-ring (bicyclic) bond motifs is 4. The number of likely N-dealkylation sites (tertiary alicyclic amines) is 2. The Kier molecular flexibility index (Phi) is 6.11. The van der Waals surface area contributed by atoms with Gasteiger partial charge in [0.2, 0.25) is 0 Å². The third-order valence-corrected chi connectivity index (χ3v) is 9.68. The van der Waals surface area contributed by atoms with Crippen molar-refractivity contribution in [1.29, 1.82) is 0 Å². The van der Waals surface area contributed by atoms with Crippen molar-refractivity contribution in [1.82, 2.24) is 19.4 Å². The van der Waals surface area contributed by atoms with E-state index in [1.165, 1.54) is 0 Å². The molecule has 220 valence electrons. The molecule has 41 heavy (non-hydrogen) atoms. The van der Waals surface area contributed by atoms with Crippen LogP contribution in [0.1, 0.15) is 89.6 Å². The van der Waals surface area contributed by atoms with Crippen molar-refractivity contribution in [3.63, 3.8) is 0 Å². The monoisotopic (exact) mass is 562 g/mol. The summed E-state index contributed by atoms with van der Waals surface area (Å²) in [6.45, 7) is 8.15. The van der Waals surface area contributed by atoms with Crippen molar-refractivity contribution in [3.8, 4) is 17.0 Å². The van der Waals surface area contributed by atoms with E-state index in [-0.39, 0.29) is 23.6 Å². The Morgan fingerprint density at radius 2 is 1.76 bits per heavy atom. The zero-order valence-electron chi connectivity index (χ0n) is 24.8. The second-order valence-corrected chi connectivity index (χ2v) is 13.9. The van der Waals surface area contributed by atoms with Crippen LogP contribution in [0.2, 0.25) is 0 Å². The van der Waals surface area contributed by atoms with E-state index in [9.17, 15) is 9.59 Å². The number of nitrogens with zero attached hydrogens (tertiary/aromatic N) is 4. The number of carbonyl (C=O) groups is 2. The van der Waals surface area contributed by atoms with Gasteiger partial charge in [-0.25, -0.2) is 14.6 Å². The molecule has 9 nitrogen and oxygen atoms in total. The molecule has 2 amide bonds. The maximum absolute atomic E-state index is 13.1. The van der Waals surface area contributed by atoms with E-state index < -0.39 is 11.2 Å². The lowest BCUT2D eigenvalue weighted by molar-refractivity contribution is -0.0112. The molecule has 4 heterocycles. The zero-order valence-corrected chi connectivity index (χ0v) is 24.8. The molecule has 2 saturated heterocycles. The smallest absolute Gasteiger partial charge is 0.410 e. The summed E-state index contributed by atoms with van der Waals surface area (Å²) in [5.74, 6) is 2.71. The first kappa shape index (κ1) is 26.7. The fourth-order valence-electron chi connectivity index (χ4n) is 7.19. The van der Waals surface area contributed by atoms with E-state index in [0.29, 0.717) is 45.0 Å². The van der Waals surface area contributed by atoms with Crippen LogP contribution >= 0.6 is 0 Å². The summed E-state index contributed by atoms with van der Waals surface area (Å²) in [4.78, 5) is 35.0. The van der Waals surface area contributed by atoms with Crippen molar-refractivity contribution >= 4 is 12.2 Å². The van der Waals surface area contributed by atoms with Crippen molar-refractivity contribution in [3.05, 3.63) is 35.8 Å². The number of aromatic nitrogens is 2. The molecule has 0 N–H and O–H groups in total. The van der Waals surface area contributed by atoms with Gasteiger partial charge in [-0.3, -0.25) is 0 Å². The maximum Gasteiger partial charge on any atom is 0.410 e. The summed E-state index contributed by atoms with van der Waals surface area (Å²) in [6.07, 6.45) is 7.06. The van der Waals surface area contributed by atoms with Crippen molar-refractivity contribution in [2.24, 2.45) is 13.0 Å². The Bertz CT molecular complexity index is 1360. The average Bonchev–Trinajstić information content (AvgIpc) is 3.86. The topological polar surface area (TPSA) is 86.1 Å². The van der Waals surface area contributed by atoms with E-state index in [1.807, 2.05) is 48.8 Å². The fraction of sp³-hybridized carbons (Fsp3) is 0.656. The first-order chi connectivity index (χ1) is 19.6. The quantitative estimate of drug-likeness (QED) is 0.459. The molecule has 0 unspecified atom stereocenters. The summed E-state index contributed by atoms with van der Waals surface area (Å²) in [7, 11) is 2.12. The van der Waals surface area contributed by atoms with Crippen molar-refractivity contribution in [2.45, 2.75) is 94.8 Å². The number of carbonyl (C=O) groups excluding carboxylic acids is 2. The number of imidazole rings is 1. The lowest BCUT2D eigenvalue weighted by Crippen LogP contribution is -2.50. The third kappa shape index (κ3) is 4.75. The number of para-hydroxylation sites is 1. The van der Waals surface area contributed by atoms with Crippen molar-refractivity contribution in [2.75, 3.05) is 26.2 Å². The number of piperidine rings is 2. The van der Waals surface area contributed by atoms with E-state index in [1.54, 1.807) is 0 Å². The lowest BCUT2D eigenvalue weighted by Gasteiger charge is -2.44. The van der Waals surface area contributed by atoms with Gasteiger partial charge in [-0.15, -0.1) is 0 Å². The van der Waals surface area contributed by atoms with Crippen LogP contribution in [0.25, 0.3) is 11.3 Å². The van der Waals surface area contributed by atoms with Crippen LogP contribution in [0.4, 0.5) is 9.59 Å². The Morgan fingerprint density at radius 3 is 2.44 bits per heavy atom. The molecular weight excluding hydrogens is 520 g/mol. The van der Waals surface area contributed by atoms with Gasteiger partial charge in [0.25, 0.3) is 0 Å². The van der Waals surface area contributed by atoms with Crippen LogP contribution in [-0.4, -0.2) is 68.9 Å². The normalized spacial score (nSPS) is 24.0. The molecule has 0 bridgehead atoms. The molecule has 2 aromatic rings. The molecule has 1 atom stereocenters. The Morgan fingerprint density at radius 1 is 1.02 bits per heavy atom. The molecule has 9 heteroatoms. The molecule has 3 aliphatic heterocycles. The van der Waals surface area contributed by atoms with Gasteiger partial charge in [0.05, 0.1) is 18.0 Å². The Balaban J connectivity index is 1.16. The van der Waals surface area contributed by atoms with Crippen LogP contribution in [0.3, 0.4) is 0 Å². The zero-order chi connectivity index (χ0) is 28.6. The molecule has 4 fully saturated rings. The number of amides is 2. The standard InChI is InChI=1S/C32H42N4O5/c1-30(2,3)41-29(38)36-16-11-22(19-31(36)12-13-31)27-33-25-23-7-5-6-8-24(23)40-32(26(25)34(27)4)14-17-35(18-15-32)28(37)39-20-21-9-10-21/h5-8,21-22H,9-20H2,1-4H3/t22-/m1/s1. The maximum atomic E-state index is 13.1. The first-order valence-corrected chi connectivity index (χ1v) is 15.4. The minimum absolute atomic E-state index is 0.129. The van der Waals surface area contributed by atoms with Crippen LogP contribution in [-0.2, 0) is 22.1 Å². The fourth-order valence-corrected chi connectivity index (χ4v) is 7.19. The molecule has 1 aromatic carbocycles.